The van der Waals surface area contributed by atoms with E-state index in [1.807, 2.05) is 44.2 Å². The number of para-hydroxylation sites is 1. The zero-order valence-corrected chi connectivity index (χ0v) is 17.7. The number of carbonyl (C=O) groups is 3. The standard InChI is InChI=1S/C23H19BrN2O3/c1-22(2)11-17-19(18(27)12-22)23(21(29)26(17)14-6-4-3-5-7-14)16-9-8-13(24)10-15(16)20(28)25-23/h3-10H,11-12H2,1-2H3,(H,25,28). The number of carbonyl (C=O) groups excluding carboxylic acids is 3. The number of ketones is 1. The maximum atomic E-state index is 14.0. The van der Waals surface area contributed by atoms with Crippen LogP contribution in [0.5, 0.6) is 0 Å². The van der Waals surface area contributed by atoms with Gasteiger partial charge in [0.15, 0.2) is 11.3 Å². The summed E-state index contributed by atoms with van der Waals surface area (Å²) in [6.45, 7) is 4.07. The van der Waals surface area contributed by atoms with E-state index in [9.17, 15) is 14.4 Å². The fraction of sp³-hybridized carbons (Fsp3) is 0.261. The zero-order chi connectivity index (χ0) is 20.6. The molecule has 0 saturated heterocycles. The summed E-state index contributed by atoms with van der Waals surface area (Å²) in [6, 6.07) is 14.6. The molecule has 6 heteroatoms. The molecule has 0 fully saturated rings. The molecule has 29 heavy (non-hydrogen) atoms. The van der Waals surface area contributed by atoms with Crippen molar-refractivity contribution in [2.45, 2.75) is 32.2 Å². The molecule has 1 N–H and O–H groups in total. The second-order valence-electron chi connectivity index (χ2n) is 8.63. The first-order valence-electron chi connectivity index (χ1n) is 9.54. The van der Waals surface area contributed by atoms with Gasteiger partial charge in [-0.3, -0.25) is 19.3 Å². The van der Waals surface area contributed by atoms with Gasteiger partial charge < -0.3 is 5.32 Å². The largest absolute Gasteiger partial charge is 0.330 e. The molecular weight excluding hydrogens is 432 g/mol. The topological polar surface area (TPSA) is 66.5 Å². The highest BCUT2D eigenvalue weighted by Crippen LogP contribution is 2.53. The van der Waals surface area contributed by atoms with E-state index in [2.05, 4.69) is 21.2 Å². The predicted molar refractivity (Wildman–Crippen MR) is 112 cm³/mol. The van der Waals surface area contributed by atoms with E-state index in [-0.39, 0.29) is 23.0 Å². The maximum absolute atomic E-state index is 14.0. The monoisotopic (exact) mass is 450 g/mol. The molecule has 1 spiro atoms. The number of rotatable bonds is 1. The number of nitrogens with zero attached hydrogens (tertiary/aromatic N) is 1. The summed E-state index contributed by atoms with van der Waals surface area (Å²) >= 11 is 3.39. The highest BCUT2D eigenvalue weighted by molar-refractivity contribution is 9.10. The number of hydrogen-bond acceptors (Lipinski definition) is 3. The number of anilines is 1. The molecule has 2 heterocycles. The van der Waals surface area contributed by atoms with Crippen molar-refractivity contribution >= 4 is 39.2 Å². The van der Waals surface area contributed by atoms with Crippen LogP contribution >= 0.6 is 15.9 Å². The highest BCUT2D eigenvalue weighted by Gasteiger charge is 2.62. The van der Waals surface area contributed by atoms with E-state index in [1.54, 1.807) is 23.1 Å². The van der Waals surface area contributed by atoms with Gasteiger partial charge in [0.1, 0.15) is 0 Å². The number of hydrogen-bond donors (Lipinski definition) is 1. The van der Waals surface area contributed by atoms with Crippen LogP contribution < -0.4 is 10.2 Å². The van der Waals surface area contributed by atoms with Gasteiger partial charge >= 0.3 is 0 Å². The van der Waals surface area contributed by atoms with Crippen molar-refractivity contribution in [3.63, 3.8) is 0 Å². The Labute approximate surface area is 176 Å². The van der Waals surface area contributed by atoms with Crippen LogP contribution in [-0.4, -0.2) is 17.6 Å². The lowest BCUT2D eigenvalue weighted by Crippen LogP contribution is -2.50. The highest BCUT2D eigenvalue weighted by atomic mass is 79.9. The van der Waals surface area contributed by atoms with Gasteiger partial charge in [0.25, 0.3) is 11.8 Å². The lowest BCUT2D eigenvalue weighted by atomic mass is 9.71. The lowest BCUT2D eigenvalue weighted by Gasteiger charge is -2.33. The molecule has 1 unspecified atom stereocenters. The van der Waals surface area contributed by atoms with Crippen molar-refractivity contribution < 1.29 is 14.4 Å². The minimum Gasteiger partial charge on any atom is -0.330 e. The number of nitrogens with one attached hydrogen (secondary N) is 1. The molecule has 5 nitrogen and oxygen atoms in total. The summed E-state index contributed by atoms with van der Waals surface area (Å²) in [4.78, 5) is 41.8. The van der Waals surface area contributed by atoms with Crippen LogP contribution in [0.15, 0.2) is 64.3 Å². The molecule has 1 atom stereocenters. The molecule has 2 aromatic carbocycles. The molecule has 146 valence electrons. The fourth-order valence-corrected chi connectivity index (χ4v) is 5.22. The first kappa shape index (κ1) is 18.3. The molecule has 3 aliphatic rings. The lowest BCUT2D eigenvalue weighted by molar-refractivity contribution is -0.124. The Morgan fingerprint density at radius 1 is 1.00 bits per heavy atom. The van der Waals surface area contributed by atoms with E-state index in [4.69, 9.17) is 0 Å². The third-order valence-electron chi connectivity index (χ3n) is 5.97. The van der Waals surface area contributed by atoms with Crippen LogP contribution in [0.2, 0.25) is 0 Å². The Morgan fingerprint density at radius 3 is 2.45 bits per heavy atom. The predicted octanol–water partition coefficient (Wildman–Crippen LogP) is 4.08. The van der Waals surface area contributed by atoms with Crippen molar-refractivity contribution in [1.82, 2.24) is 5.32 Å². The summed E-state index contributed by atoms with van der Waals surface area (Å²) in [7, 11) is 0. The number of halogens is 1. The number of amides is 2. The molecule has 0 saturated carbocycles. The molecule has 0 radical (unpaired) electrons. The van der Waals surface area contributed by atoms with Gasteiger partial charge in [0, 0.05) is 33.4 Å². The van der Waals surface area contributed by atoms with Gasteiger partial charge in [0.05, 0.1) is 5.57 Å². The second kappa shape index (κ2) is 5.89. The average Bonchev–Trinajstić information content (AvgIpc) is 3.07. The maximum Gasteiger partial charge on any atom is 0.266 e. The normalized spacial score (nSPS) is 24.8. The van der Waals surface area contributed by atoms with Crippen molar-refractivity contribution in [1.29, 1.82) is 0 Å². The molecule has 2 aromatic rings. The van der Waals surface area contributed by atoms with Crippen molar-refractivity contribution in [3.8, 4) is 0 Å². The molecule has 0 aromatic heterocycles. The first-order valence-corrected chi connectivity index (χ1v) is 10.3. The van der Waals surface area contributed by atoms with Gasteiger partial charge in [-0.15, -0.1) is 0 Å². The van der Waals surface area contributed by atoms with Crippen LogP contribution in [0.4, 0.5) is 5.69 Å². The molecule has 0 bridgehead atoms. The molecule has 5 rings (SSSR count). The van der Waals surface area contributed by atoms with E-state index in [0.717, 1.165) is 4.47 Å². The quantitative estimate of drug-likeness (QED) is 0.711. The Kier molecular flexibility index (Phi) is 3.72. The third kappa shape index (κ3) is 2.42. The first-order chi connectivity index (χ1) is 13.7. The Bertz CT molecular complexity index is 1140. The van der Waals surface area contributed by atoms with E-state index >= 15 is 0 Å². The van der Waals surface area contributed by atoms with E-state index < -0.39 is 5.54 Å². The van der Waals surface area contributed by atoms with Gasteiger partial charge in [-0.25, -0.2) is 0 Å². The average molecular weight is 451 g/mol. The number of allylic oxidation sites excluding steroid dienone is 1. The number of fused-ring (bicyclic) bond motifs is 3. The smallest absolute Gasteiger partial charge is 0.266 e. The fourth-order valence-electron chi connectivity index (χ4n) is 4.85. The van der Waals surface area contributed by atoms with Crippen molar-refractivity contribution in [2.75, 3.05) is 4.90 Å². The summed E-state index contributed by atoms with van der Waals surface area (Å²) in [5.41, 5.74) is 1.07. The summed E-state index contributed by atoms with van der Waals surface area (Å²) < 4.78 is 0.749. The van der Waals surface area contributed by atoms with Gasteiger partial charge in [-0.05, 0) is 36.1 Å². The van der Waals surface area contributed by atoms with Crippen molar-refractivity contribution in [3.05, 3.63) is 75.4 Å². The van der Waals surface area contributed by atoms with Crippen molar-refractivity contribution in [2.24, 2.45) is 5.41 Å². The van der Waals surface area contributed by atoms with Crippen LogP contribution in [-0.2, 0) is 15.1 Å². The van der Waals surface area contributed by atoms with Crippen LogP contribution in [0.3, 0.4) is 0 Å². The minimum atomic E-state index is -1.45. The van der Waals surface area contributed by atoms with Gasteiger partial charge in [0.2, 0.25) is 0 Å². The van der Waals surface area contributed by atoms with Crippen LogP contribution in [0, 0.1) is 5.41 Å². The number of Topliss-reactive ketones (excluding diaryl/α,β-unsaturated/α-hetero) is 1. The molecular formula is C23H19BrN2O3. The zero-order valence-electron chi connectivity index (χ0n) is 16.1. The summed E-state index contributed by atoms with van der Waals surface area (Å²) in [5.74, 6) is -0.720. The van der Waals surface area contributed by atoms with E-state index in [1.165, 1.54) is 0 Å². The SMILES string of the molecule is CC1(C)CC(=O)C2=C(C1)N(c1ccccc1)C(=O)C21NC(=O)c2cc(Br)ccc21. The number of benzene rings is 2. The van der Waals surface area contributed by atoms with Gasteiger partial charge in [-0.1, -0.05) is 54.0 Å². The molecule has 2 amide bonds. The second-order valence-corrected chi connectivity index (χ2v) is 9.55. The van der Waals surface area contributed by atoms with Crippen LogP contribution in [0.1, 0.15) is 42.6 Å². The Balaban J connectivity index is 1.81. The summed E-state index contributed by atoms with van der Waals surface area (Å²) in [5, 5.41) is 2.90. The molecule has 2 aliphatic heterocycles. The third-order valence-corrected chi connectivity index (χ3v) is 6.46. The Hall–Kier alpha value is -2.73. The van der Waals surface area contributed by atoms with Gasteiger partial charge in [-0.2, -0.15) is 0 Å². The minimum absolute atomic E-state index is 0.0842. The molecule has 1 aliphatic carbocycles. The summed E-state index contributed by atoms with van der Waals surface area (Å²) in [6.07, 6.45) is 0.920. The van der Waals surface area contributed by atoms with Crippen LogP contribution in [0.25, 0.3) is 0 Å². The Morgan fingerprint density at radius 2 is 1.72 bits per heavy atom. The van der Waals surface area contributed by atoms with E-state index in [0.29, 0.717) is 40.9 Å².